The van der Waals surface area contributed by atoms with E-state index in [9.17, 15) is 18.7 Å². The second-order valence-electron chi connectivity index (χ2n) is 7.76. The molecule has 29 heavy (non-hydrogen) atoms. The number of benzene rings is 2. The number of halogens is 2. The average molecular weight is 419 g/mol. The first kappa shape index (κ1) is 20.5. The molecular formula is C23H24F2O3S. The average Bonchev–Trinajstić information content (AvgIpc) is 3.01. The van der Waals surface area contributed by atoms with E-state index in [4.69, 9.17) is 4.74 Å². The third kappa shape index (κ3) is 4.25. The molecule has 0 amide bonds. The lowest BCUT2D eigenvalue weighted by molar-refractivity contribution is -0.130. The summed E-state index contributed by atoms with van der Waals surface area (Å²) >= 11 is 1.69. The smallest absolute Gasteiger partial charge is 0.139 e. The van der Waals surface area contributed by atoms with Crippen LogP contribution in [-0.4, -0.2) is 33.6 Å². The normalized spacial score (nSPS) is 28.7. The Morgan fingerprint density at radius 2 is 1.62 bits per heavy atom. The summed E-state index contributed by atoms with van der Waals surface area (Å²) in [6, 6.07) is 12.1. The van der Waals surface area contributed by atoms with Crippen LogP contribution in [0.5, 0.6) is 0 Å². The molecule has 2 unspecified atom stereocenters. The highest BCUT2D eigenvalue weighted by molar-refractivity contribution is 8.00. The van der Waals surface area contributed by atoms with E-state index < -0.39 is 12.2 Å². The van der Waals surface area contributed by atoms with Gasteiger partial charge in [-0.05, 0) is 48.2 Å². The third-order valence-corrected chi connectivity index (χ3v) is 7.55. The number of fused-ring (bicyclic) bond motifs is 2. The summed E-state index contributed by atoms with van der Waals surface area (Å²) < 4.78 is 33.4. The summed E-state index contributed by atoms with van der Waals surface area (Å²) in [5, 5.41) is 10.5. The van der Waals surface area contributed by atoms with Crippen molar-refractivity contribution in [2.45, 2.75) is 55.0 Å². The summed E-state index contributed by atoms with van der Waals surface area (Å²) in [4.78, 5) is 12.8. The molecule has 2 heterocycles. The number of carbonyl (C=O) groups is 1. The molecule has 2 aliphatic rings. The first-order chi connectivity index (χ1) is 14.0. The lowest BCUT2D eigenvalue weighted by Crippen LogP contribution is -2.44. The zero-order chi connectivity index (χ0) is 20.5. The maximum atomic E-state index is 13.5. The molecule has 2 aromatic carbocycles. The van der Waals surface area contributed by atoms with Crippen molar-refractivity contribution < 1.29 is 23.4 Å². The van der Waals surface area contributed by atoms with Gasteiger partial charge in [0.15, 0.2) is 0 Å². The predicted molar refractivity (Wildman–Crippen MR) is 109 cm³/mol. The first-order valence-corrected chi connectivity index (χ1v) is 10.9. The minimum absolute atomic E-state index is 0.0869. The third-order valence-electron chi connectivity index (χ3n) is 5.86. The van der Waals surface area contributed by atoms with Gasteiger partial charge in [-0.3, -0.25) is 4.79 Å². The Kier molecular flexibility index (Phi) is 6.04. The van der Waals surface area contributed by atoms with Gasteiger partial charge in [0, 0.05) is 16.9 Å². The van der Waals surface area contributed by atoms with Gasteiger partial charge in [0.1, 0.15) is 23.5 Å². The highest BCUT2D eigenvalue weighted by Gasteiger charge is 2.51. The molecule has 2 aromatic rings. The van der Waals surface area contributed by atoms with Crippen LogP contribution in [-0.2, 0) is 9.53 Å². The molecule has 2 bridgehead atoms. The van der Waals surface area contributed by atoms with Crippen LogP contribution in [0.2, 0.25) is 0 Å². The van der Waals surface area contributed by atoms with Crippen molar-refractivity contribution in [2.24, 2.45) is 5.92 Å². The molecule has 0 saturated carbocycles. The molecule has 0 aliphatic carbocycles. The topological polar surface area (TPSA) is 46.5 Å². The van der Waals surface area contributed by atoms with Crippen LogP contribution >= 0.6 is 11.8 Å². The SMILES string of the molecule is CCC(=O)[C@H]1[C@H](OC(c2ccc(F)cc2)c2ccc(F)cc2)CC2CC(O)[C@@H]1S2. The quantitative estimate of drug-likeness (QED) is 0.740. The van der Waals surface area contributed by atoms with Crippen molar-refractivity contribution in [1.82, 2.24) is 0 Å². The standard InChI is InChI=1S/C23H24F2O3S/c1-2-18(26)21-20(12-17-11-19(27)23(21)29-17)28-22(13-3-7-15(24)8-4-13)14-5-9-16(25)10-6-14/h3-10,17,19-23,27H,2,11-12H2,1H3/t17?,19?,20-,21+,23+/m1/s1. The highest BCUT2D eigenvalue weighted by atomic mass is 32.2. The van der Waals surface area contributed by atoms with Crippen LogP contribution < -0.4 is 0 Å². The number of ether oxygens (including phenoxy) is 1. The van der Waals surface area contributed by atoms with Gasteiger partial charge in [0.25, 0.3) is 0 Å². The van der Waals surface area contributed by atoms with Gasteiger partial charge in [-0.2, -0.15) is 11.8 Å². The summed E-state index contributed by atoms with van der Waals surface area (Å²) in [5.74, 6) is -0.993. The fraction of sp³-hybridized carbons (Fsp3) is 0.435. The van der Waals surface area contributed by atoms with Crippen LogP contribution in [0.4, 0.5) is 8.78 Å². The van der Waals surface area contributed by atoms with Gasteiger partial charge in [-0.25, -0.2) is 8.78 Å². The number of carbonyl (C=O) groups excluding carboxylic acids is 1. The number of Topliss-reactive ketones (excluding diaryl/α,β-unsaturated/α-hetero) is 1. The van der Waals surface area contributed by atoms with Gasteiger partial charge in [-0.1, -0.05) is 31.2 Å². The number of aliphatic hydroxyl groups excluding tert-OH is 1. The first-order valence-electron chi connectivity index (χ1n) is 9.99. The number of hydrogen-bond donors (Lipinski definition) is 1. The summed E-state index contributed by atoms with van der Waals surface area (Å²) in [5.41, 5.74) is 1.48. The van der Waals surface area contributed by atoms with Gasteiger partial charge >= 0.3 is 0 Å². The minimum atomic E-state index is -0.548. The van der Waals surface area contributed by atoms with Crippen LogP contribution in [0.25, 0.3) is 0 Å². The number of thioether (sulfide) groups is 1. The van der Waals surface area contributed by atoms with Crippen LogP contribution in [0.1, 0.15) is 43.4 Å². The zero-order valence-electron chi connectivity index (χ0n) is 16.1. The molecule has 2 fully saturated rings. The summed E-state index contributed by atoms with van der Waals surface area (Å²) in [7, 11) is 0. The van der Waals surface area contributed by atoms with Gasteiger partial charge in [0.05, 0.1) is 18.1 Å². The van der Waals surface area contributed by atoms with E-state index >= 15 is 0 Å². The number of ketones is 1. The van der Waals surface area contributed by atoms with E-state index in [1.54, 1.807) is 36.0 Å². The Hall–Kier alpha value is -1.76. The molecule has 5 atom stereocenters. The van der Waals surface area contributed by atoms with Crippen LogP contribution in [0.3, 0.4) is 0 Å². The molecule has 4 rings (SSSR count). The minimum Gasteiger partial charge on any atom is -0.392 e. The van der Waals surface area contributed by atoms with Crippen molar-refractivity contribution in [3.8, 4) is 0 Å². The van der Waals surface area contributed by atoms with Gasteiger partial charge < -0.3 is 9.84 Å². The summed E-state index contributed by atoms with van der Waals surface area (Å²) in [6.45, 7) is 1.83. The van der Waals surface area contributed by atoms with Crippen molar-refractivity contribution >= 4 is 17.5 Å². The number of aliphatic hydroxyl groups is 1. The van der Waals surface area contributed by atoms with Crippen LogP contribution in [0.15, 0.2) is 48.5 Å². The van der Waals surface area contributed by atoms with E-state index in [0.29, 0.717) is 19.3 Å². The lowest BCUT2D eigenvalue weighted by Gasteiger charge is -2.38. The Bertz CT molecular complexity index is 810. The molecule has 2 saturated heterocycles. The molecule has 6 heteroatoms. The van der Waals surface area contributed by atoms with Crippen molar-refractivity contribution in [1.29, 1.82) is 0 Å². The number of hydrogen-bond acceptors (Lipinski definition) is 4. The van der Waals surface area contributed by atoms with E-state index in [2.05, 4.69) is 0 Å². The van der Waals surface area contributed by atoms with Gasteiger partial charge in [-0.15, -0.1) is 0 Å². The summed E-state index contributed by atoms with van der Waals surface area (Å²) in [6.07, 6.45) is 0.322. The second-order valence-corrected chi connectivity index (χ2v) is 9.25. The van der Waals surface area contributed by atoms with Crippen LogP contribution in [0, 0.1) is 17.6 Å². The lowest BCUT2D eigenvalue weighted by atomic mass is 9.89. The molecular weight excluding hydrogens is 394 g/mol. The second kappa shape index (κ2) is 8.54. The Morgan fingerprint density at radius 1 is 1.07 bits per heavy atom. The molecule has 2 aliphatic heterocycles. The van der Waals surface area contributed by atoms with Gasteiger partial charge in [0.2, 0.25) is 0 Å². The van der Waals surface area contributed by atoms with Crippen molar-refractivity contribution in [2.75, 3.05) is 0 Å². The Labute approximate surface area is 173 Å². The van der Waals surface area contributed by atoms with E-state index in [-0.39, 0.29) is 39.9 Å². The maximum Gasteiger partial charge on any atom is 0.139 e. The number of rotatable bonds is 6. The van der Waals surface area contributed by atoms with Crippen molar-refractivity contribution in [3.63, 3.8) is 0 Å². The largest absolute Gasteiger partial charge is 0.392 e. The monoisotopic (exact) mass is 418 g/mol. The molecule has 154 valence electrons. The van der Waals surface area contributed by atoms with Crippen molar-refractivity contribution in [3.05, 3.63) is 71.3 Å². The Balaban J connectivity index is 1.68. The zero-order valence-corrected chi connectivity index (χ0v) is 16.9. The molecule has 0 aromatic heterocycles. The predicted octanol–water partition coefficient (Wildman–Crippen LogP) is 4.67. The fourth-order valence-electron chi connectivity index (χ4n) is 4.43. The van der Waals surface area contributed by atoms with E-state index in [1.165, 1.54) is 24.3 Å². The maximum absolute atomic E-state index is 13.5. The van der Waals surface area contributed by atoms with E-state index in [0.717, 1.165) is 11.1 Å². The fourth-order valence-corrected chi connectivity index (χ4v) is 6.27. The van der Waals surface area contributed by atoms with E-state index in [1.807, 2.05) is 6.92 Å². The molecule has 3 nitrogen and oxygen atoms in total. The highest BCUT2D eigenvalue weighted by Crippen LogP contribution is 2.49. The molecule has 1 N–H and O–H groups in total. The molecule has 0 radical (unpaired) electrons. The Morgan fingerprint density at radius 3 is 2.14 bits per heavy atom. The molecule has 0 spiro atoms.